The minimum atomic E-state index is -1.30. The first-order chi connectivity index (χ1) is 12.2. The molecule has 0 spiro atoms. The minimum Gasteiger partial charge on any atom is -0.465 e. The maximum absolute atomic E-state index is 12.8. The summed E-state index contributed by atoms with van der Waals surface area (Å²) in [6.07, 6.45) is -0.590. The predicted molar refractivity (Wildman–Crippen MR) is 97.4 cm³/mol. The predicted octanol–water partition coefficient (Wildman–Crippen LogP) is 3.13. The Morgan fingerprint density at radius 1 is 1.27 bits per heavy atom. The summed E-state index contributed by atoms with van der Waals surface area (Å²) in [6.45, 7) is 7.59. The molecule has 0 aliphatic carbocycles. The van der Waals surface area contributed by atoms with Crippen molar-refractivity contribution in [2.45, 2.75) is 58.8 Å². The van der Waals surface area contributed by atoms with Gasteiger partial charge in [0.25, 0.3) is 0 Å². The summed E-state index contributed by atoms with van der Waals surface area (Å²) in [4.78, 5) is 26.6. The third-order valence-corrected chi connectivity index (χ3v) is 4.48. The zero-order valence-corrected chi connectivity index (χ0v) is 16.0. The summed E-state index contributed by atoms with van der Waals surface area (Å²) in [5, 5.41) is 11.0. The Hall–Kier alpha value is -2.08. The van der Waals surface area contributed by atoms with Crippen LogP contribution in [0.1, 0.15) is 46.1 Å². The van der Waals surface area contributed by atoms with E-state index in [1.54, 1.807) is 27.7 Å². The lowest BCUT2D eigenvalue weighted by Gasteiger charge is -2.45. The van der Waals surface area contributed by atoms with Crippen molar-refractivity contribution in [3.05, 3.63) is 35.9 Å². The minimum absolute atomic E-state index is 0.217. The van der Waals surface area contributed by atoms with Gasteiger partial charge in [-0.2, -0.15) is 0 Å². The van der Waals surface area contributed by atoms with E-state index in [1.165, 1.54) is 4.90 Å². The number of hydrogen-bond donors (Lipinski definition) is 1. The molecule has 1 heterocycles. The monoisotopic (exact) mass is 363 g/mol. The second-order valence-electron chi connectivity index (χ2n) is 7.69. The van der Waals surface area contributed by atoms with E-state index in [1.807, 2.05) is 30.3 Å². The largest absolute Gasteiger partial charge is 0.465 e. The zero-order chi connectivity index (χ0) is 19.4. The van der Waals surface area contributed by atoms with E-state index in [9.17, 15) is 14.7 Å². The number of hydrogen-bond acceptors (Lipinski definition) is 5. The van der Waals surface area contributed by atoms with Crippen molar-refractivity contribution >= 4 is 12.1 Å². The van der Waals surface area contributed by atoms with Crippen LogP contribution in [0, 0.1) is 5.41 Å². The quantitative estimate of drug-likeness (QED) is 0.832. The SMILES string of the molecule is CCOC(=O)[C@]1(Cc2ccccc2)CCCN(C(=O)OC(C)(C)C)C1O. The molecule has 0 bridgehead atoms. The number of aliphatic hydroxyl groups excluding tert-OH is 1. The van der Waals surface area contributed by atoms with Gasteiger partial charge in [-0.15, -0.1) is 0 Å². The number of ether oxygens (including phenoxy) is 2. The fourth-order valence-corrected chi connectivity index (χ4v) is 3.32. The molecule has 6 heteroatoms. The number of likely N-dealkylation sites (tertiary alicyclic amines) is 1. The second kappa shape index (κ2) is 8.08. The van der Waals surface area contributed by atoms with E-state index in [0.717, 1.165) is 5.56 Å². The molecule has 1 amide bonds. The number of amides is 1. The van der Waals surface area contributed by atoms with Crippen molar-refractivity contribution in [3.63, 3.8) is 0 Å². The smallest absolute Gasteiger partial charge is 0.412 e. The van der Waals surface area contributed by atoms with Crippen LogP contribution in [-0.2, 0) is 20.7 Å². The van der Waals surface area contributed by atoms with E-state index >= 15 is 0 Å². The lowest BCUT2D eigenvalue weighted by atomic mass is 9.73. The molecule has 1 aliphatic heterocycles. The van der Waals surface area contributed by atoms with E-state index in [-0.39, 0.29) is 6.61 Å². The molecule has 2 rings (SSSR count). The average molecular weight is 363 g/mol. The van der Waals surface area contributed by atoms with Crippen molar-refractivity contribution in [3.8, 4) is 0 Å². The van der Waals surface area contributed by atoms with E-state index in [2.05, 4.69) is 0 Å². The van der Waals surface area contributed by atoms with Gasteiger partial charge >= 0.3 is 12.1 Å². The number of piperidine rings is 1. The average Bonchev–Trinajstić information content (AvgIpc) is 2.56. The van der Waals surface area contributed by atoms with Crippen molar-refractivity contribution in [2.75, 3.05) is 13.2 Å². The number of esters is 1. The molecule has 1 N–H and O–H groups in total. The van der Waals surface area contributed by atoms with Crippen LogP contribution in [0.2, 0.25) is 0 Å². The highest BCUT2D eigenvalue weighted by Crippen LogP contribution is 2.40. The standard InChI is InChI=1S/C20H29NO5/c1-5-25-17(23)20(14-15-10-7-6-8-11-15)12-9-13-21(16(20)22)18(24)26-19(2,3)4/h6-8,10-11,16,22H,5,9,12-14H2,1-4H3/t16?,20-/m0/s1. The lowest BCUT2D eigenvalue weighted by molar-refractivity contribution is -0.180. The van der Waals surface area contributed by atoms with Gasteiger partial charge in [0.1, 0.15) is 17.2 Å². The third-order valence-electron chi connectivity index (χ3n) is 4.48. The normalized spacial score (nSPS) is 23.4. The third kappa shape index (κ3) is 4.55. The van der Waals surface area contributed by atoms with Crippen molar-refractivity contribution in [2.24, 2.45) is 5.41 Å². The number of aliphatic hydroxyl groups is 1. The molecule has 1 aromatic carbocycles. The number of benzene rings is 1. The Bertz CT molecular complexity index is 625. The topological polar surface area (TPSA) is 76.1 Å². The lowest BCUT2D eigenvalue weighted by Crippen LogP contribution is -2.59. The van der Waals surface area contributed by atoms with Crippen LogP contribution >= 0.6 is 0 Å². The first kappa shape index (κ1) is 20.2. The van der Waals surface area contributed by atoms with Crippen molar-refractivity contribution in [1.82, 2.24) is 4.90 Å². The summed E-state index contributed by atoms with van der Waals surface area (Å²) in [5.74, 6) is -0.482. The molecule has 1 aliphatic rings. The molecular formula is C20H29NO5. The maximum atomic E-state index is 12.8. The Kier molecular flexibility index (Phi) is 6.29. The number of rotatable bonds is 4. The van der Waals surface area contributed by atoms with E-state index < -0.39 is 29.3 Å². The fraction of sp³-hybridized carbons (Fsp3) is 0.600. The van der Waals surface area contributed by atoms with Gasteiger partial charge in [-0.25, -0.2) is 4.79 Å². The van der Waals surface area contributed by atoms with Crippen molar-refractivity contribution < 1.29 is 24.2 Å². The summed E-state index contributed by atoms with van der Waals surface area (Å²) in [5.41, 5.74) is -0.974. The van der Waals surface area contributed by atoms with Gasteiger partial charge in [-0.05, 0) is 52.5 Å². The zero-order valence-electron chi connectivity index (χ0n) is 16.0. The highest BCUT2D eigenvalue weighted by Gasteiger charge is 2.53. The van der Waals surface area contributed by atoms with Gasteiger partial charge in [-0.1, -0.05) is 30.3 Å². The Balaban J connectivity index is 2.33. The molecule has 0 radical (unpaired) electrons. The first-order valence-electron chi connectivity index (χ1n) is 9.08. The van der Waals surface area contributed by atoms with Gasteiger partial charge in [-0.3, -0.25) is 9.69 Å². The molecule has 0 aromatic heterocycles. The molecule has 144 valence electrons. The van der Waals surface area contributed by atoms with Gasteiger partial charge < -0.3 is 14.6 Å². The van der Waals surface area contributed by atoms with Gasteiger partial charge in [0.05, 0.1) is 6.61 Å². The van der Waals surface area contributed by atoms with Crippen LogP contribution in [0.3, 0.4) is 0 Å². The first-order valence-corrected chi connectivity index (χ1v) is 9.08. The summed E-state index contributed by atoms with van der Waals surface area (Å²) < 4.78 is 10.7. The Labute approximate surface area is 155 Å². The molecule has 2 atom stereocenters. The van der Waals surface area contributed by atoms with Gasteiger partial charge in [0, 0.05) is 6.54 Å². The van der Waals surface area contributed by atoms with E-state index in [4.69, 9.17) is 9.47 Å². The van der Waals surface area contributed by atoms with Crippen LogP contribution in [0.4, 0.5) is 4.79 Å². The number of nitrogens with zero attached hydrogens (tertiary/aromatic N) is 1. The molecule has 26 heavy (non-hydrogen) atoms. The highest BCUT2D eigenvalue weighted by atomic mass is 16.6. The molecular weight excluding hydrogens is 334 g/mol. The second-order valence-corrected chi connectivity index (χ2v) is 7.69. The van der Waals surface area contributed by atoms with Crippen molar-refractivity contribution in [1.29, 1.82) is 0 Å². The van der Waals surface area contributed by atoms with E-state index in [0.29, 0.717) is 25.8 Å². The molecule has 1 unspecified atom stereocenters. The molecule has 1 aromatic rings. The van der Waals surface area contributed by atoms with Gasteiger partial charge in [0.15, 0.2) is 0 Å². The van der Waals surface area contributed by atoms with Gasteiger partial charge in [0.2, 0.25) is 0 Å². The Morgan fingerprint density at radius 3 is 2.50 bits per heavy atom. The van der Waals surface area contributed by atoms with Crippen LogP contribution in [-0.4, -0.2) is 47.0 Å². The van der Waals surface area contributed by atoms with Crippen LogP contribution in [0.15, 0.2) is 30.3 Å². The number of carbonyl (C=O) groups excluding carboxylic acids is 2. The van der Waals surface area contributed by atoms with Crippen LogP contribution < -0.4 is 0 Å². The molecule has 1 saturated heterocycles. The maximum Gasteiger partial charge on any atom is 0.412 e. The highest BCUT2D eigenvalue weighted by molar-refractivity contribution is 5.80. The summed E-state index contributed by atoms with van der Waals surface area (Å²) in [7, 11) is 0. The summed E-state index contributed by atoms with van der Waals surface area (Å²) in [6, 6.07) is 9.47. The molecule has 6 nitrogen and oxygen atoms in total. The Morgan fingerprint density at radius 2 is 1.92 bits per heavy atom. The number of carbonyl (C=O) groups is 2. The fourth-order valence-electron chi connectivity index (χ4n) is 3.32. The molecule has 1 fully saturated rings. The summed E-state index contributed by atoms with van der Waals surface area (Å²) >= 11 is 0. The van der Waals surface area contributed by atoms with Crippen LogP contribution in [0.5, 0.6) is 0 Å². The van der Waals surface area contributed by atoms with Crippen LogP contribution in [0.25, 0.3) is 0 Å². The molecule has 0 saturated carbocycles.